The lowest BCUT2D eigenvalue weighted by atomic mass is 10.0. The average molecular weight is 232 g/mol. The molecular formula is C11H11F3O2. The summed E-state index contributed by atoms with van der Waals surface area (Å²) in [5.41, 5.74) is -0.0778. The second-order valence-corrected chi connectivity index (χ2v) is 3.16. The SMILES string of the molecule is CCOc1ccc(C(C=O)C(F)(F)F)cc1. The second kappa shape index (κ2) is 5.01. The van der Waals surface area contributed by atoms with Crippen molar-refractivity contribution in [3.8, 4) is 5.75 Å². The molecule has 1 aromatic rings. The molecule has 0 aliphatic heterocycles. The van der Waals surface area contributed by atoms with E-state index in [0.29, 0.717) is 12.4 Å². The molecule has 16 heavy (non-hydrogen) atoms. The van der Waals surface area contributed by atoms with Crippen LogP contribution in [0.25, 0.3) is 0 Å². The molecule has 0 aliphatic rings. The topological polar surface area (TPSA) is 26.3 Å². The molecule has 0 radical (unpaired) electrons. The van der Waals surface area contributed by atoms with Gasteiger partial charge in [0, 0.05) is 0 Å². The number of benzene rings is 1. The number of rotatable bonds is 4. The molecule has 88 valence electrons. The maximum atomic E-state index is 12.4. The molecule has 2 nitrogen and oxygen atoms in total. The van der Waals surface area contributed by atoms with Crippen molar-refractivity contribution in [1.82, 2.24) is 0 Å². The van der Waals surface area contributed by atoms with Crippen molar-refractivity contribution in [3.63, 3.8) is 0 Å². The van der Waals surface area contributed by atoms with Gasteiger partial charge in [-0.3, -0.25) is 0 Å². The van der Waals surface area contributed by atoms with Crippen molar-refractivity contribution < 1.29 is 22.7 Å². The minimum atomic E-state index is -4.55. The summed E-state index contributed by atoms with van der Waals surface area (Å²) in [4.78, 5) is 10.4. The fourth-order valence-corrected chi connectivity index (χ4v) is 1.28. The van der Waals surface area contributed by atoms with E-state index in [1.54, 1.807) is 6.92 Å². The predicted octanol–water partition coefficient (Wildman–Crippen LogP) is 2.93. The van der Waals surface area contributed by atoms with Crippen molar-refractivity contribution in [2.75, 3.05) is 6.61 Å². The summed E-state index contributed by atoms with van der Waals surface area (Å²) in [7, 11) is 0. The van der Waals surface area contributed by atoms with Crippen LogP contribution in [0.4, 0.5) is 13.2 Å². The normalized spacial score (nSPS) is 13.2. The Morgan fingerprint density at radius 1 is 1.31 bits per heavy atom. The number of carbonyl (C=O) groups is 1. The summed E-state index contributed by atoms with van der Waals surface area (Å²) < 4.78 is 42.3. The number of carbonyl (C=O) groups excluding carboxylic acids is 1. The number of ether oxygens (including phenoxy) is 1. The maximum absolute atomic E-state index is 12.4. The lowest BCUT2D eigenvalue weighted by Gasteiger charge is -2.14. The molecule has 0 spiro atoms. The largest absolute Gasteiger partial charge is 0.494 e. The molecule has 0 N–H and O–H groups in total. The summed E-state index contributed by atoms with van der Waals surface area (Å²) in [6.45, 7) is 2.22. The van der Waals surface area contributed by atoms with Crippen molar-refractivity contribution in [2.45, 2.75) is 19.0 Å². The minimum absolute atomic E-state index is 0.0778. The number of hydrogen-bond acceptors (Lipinski definition) is 2. The van der Waals surface area contributed by atoms with Crippen LogP contribution in [0.15, 0.2) is 24.3 Å². The highest BCUT2D eigenvalue weighted by Crippen LogP contribution is 2.33. The van der Waals surface area contributed by atoms with Gasteiger partial charge in [-0.15, -0.1) is 0 Å². The molecule has 1 unspecified atom stereocenters. The molecule has 0 saturated carbocycles. The Labute approximate surface area is 91.0 Å². The van der Waals surface area contributed by atoms with Gasteiger partial charge in [0.05, 0.1) is 6.61 Å². The van der Waals surface area contributed by atoms with E-state index < -0.39 is 12.1 Å². The number of alkyl halides is 3. The third kappa shape index (κ3) is 2.98. The van der Waals surface area contributed by atoms with E-state index in [1.165, 1.54) is 24.3 Å². The van der Waals surface area contributed by atoms with Crippen molar-refractivity contribution in [3.05, 3.63) is 29.8 Å². The quantitative estimate of drug-likeness (QED) is 0.746. The van der Waals surface area contributed by atoms with Crippen LogP contribution in [0.3, 0.4) is 0 Å². The second-order valence-electron chi connectivity index (χ2n) is 3.16. The summed E-state index contributed by atoms with van der Waals surface area (Å²) in [5, 5.41) is 0. The van der Waals surface area contributed by atoms with Crippen LogP contribution in [-0.4, -0.2) is 19.1 Å². The standard InChI is InChI=1S/C11H11F3O2/c1-2-16-9-5-3-8(4-6-9)10(7-15)11(12,13)14/h3-7,10H,2H2,1H3. The van der Waals surface area contributed by atoms with Crippen LogP contribution in [0, 0.1) is 0 Å². The van der Waals surface area contributed by atoms with Gasteiger partial charge in [0.25, 0.3) is 0 Å². The molecule has 0 fully saturated rings. The first-order chi connectivity index (χ1) is 7.49. The van der Waals surface area contributed by atoms with Gasteiger partial charge in [0.1, 0.15) is 18.0 Å². The number of hydrogen-bond donors (Lipinski definition) is 0. The fraction of sp³-hybridized carbons (Fsp3) is 0.364. The van der Waals surface area contributed by atoms with Gasteiger partial charge < -0.3 is 9.53 Å². The van der Waals surface area contributed by atoms with Crippen LogP contribution in [0.2, 0.25) is 0 Å². The van der Waals surface area contributed by atoms with Crippen LogP contribution >= 0.6 is 0 Å². The molecular weight excluding hydrogens is 221 g/mol. The van der Waals surface area contributed by atoms with E-state index in [4.69, 9.17) is 4.74 Å². The lowest BCUT2D eigenvalue weighted by molar-refractivity contribution is -0.155. The molecule has 0 bridgehead atoms. The summed E-state index contributed by atoms with van der Waals surface area (Å²) in [6.07, 6.45) is -4.65. The Morgan fingerprint density at radius 3 is 2.25 bits per heavy atom. The van der Waals surface area contributed by atoms with Gasteiger partial charge in [-0.2, -0.15) is 13.2 Å². The van der Waals surface area contributed by atoms with Gasteiger partial charge in [-0.1, -0.05) is 12.1 Å². The molecule has 5 heteroatoms. The van der Waals surface area contributed by atoms with Gasteiger partial charge in [0.2, 0.25) is 0 Å². The highest BCUT2D eigenvalue weighted by atomic mass is 19.4. The van der Waals surface area contributed by atoms with E-state index in [-0.39, 0.29) is 11.8 Å². The van der Waals surface area contributed by atoms with E-state index in [1.807, 2.05) is 0 Å². The summed E-state index contributed by atoms with van der Waals surface area (Å²) in [6, 6.07) is 5.33. The maximum Gasteiger partial charge on any atom is 0.402 e. The Bertz CT molecular complexity index is 343. The molecule has 0 aliphatic carbocycles. The molecule has 0 heterocycles. The Kier molecular flexibility index (Phi) is 3.93. The molecule has 1 aromatic carbocycles. The summed E-state index contributed by atoms with van der Waals surface area (Å²) in [5.74, 6) is -1.58. The monoisotopic (exact) mass is 232 g/mol. The predicted molar refractivity (Wildman–Crippen MR) is 52.5 cm³/mol. The highest BCUT2D eigenvalue weighted by molar-refractivity contribution is 5.63. The van der Waals surface area contributed by atoms with E-state index in [2.05, 4.69) is 0 Å². The highest BCUT2D eigenvalue weighted by Gasteiger charge is 2.40. The number of halogens is 3. The summed E-state index contributed by atoms with van der Waals surface area (Å²) >= 11 is 0. The average Bonchev–Trinajstić information content (AvgIpc) is 2.20. The van der Waals surface area contributed by atoms with E-state index in [9.17, 15) is 18.0 Å². The lowest BCUT2D eigenvalue weighted by Crippen LogP contribution is -2.21. The van der Waals surface area contributed by atoms with Gasteiger partial charge >= 0.3 is 6.18 Å². The Morgan fingerprint density at radius 2 is 1.88 bits per heavy atom. The minimum Gasteiger partial charge on any atom is -0.494 e. The van der Waals surface area contributed by atoms with Crippen LogP contribution < -0.4 is 4.74 Å². The van der Waals surface area contributed by atoms with Gasteiger partial charge in [-0.25, -0.2) is 0 Å². The van der Waals surface area contributed by atoms with E-state index in [0.717, 1.165) is 0 Å². The van der Waals surface area contributed by atoms with Crippen molar-refractivity contribution in [1.29, 1.82) is 0 Å². The van der Waals surface area contributed by atoms with Crippen LogP contribution in [0.5, 0.6) is 5.75 Å². The third-order valence-corrected chi connectivity index (χ3v) is 2.04. The smallest absolute Gasteiger partial charge is 0.402 e. The number of aldehydes is 1. The first-order valence-electron chi connectivity index (χ1n) is 4.73. The van der Waals surface area contributed by atoms with Crippen molar-refractivity contribution in [2.24, 2.45) is 0 Å². The zero-order chi connectivity index (χ0) is 12.2. The van der Waals surface area contributed by atoms with E-state index >= 15 is 0 Å². The molecule has 0 aromatic heterocycles. The van der Waals surface area contributed by atoms with Crippen molar-refractivity contribution >= 4 is 6.29 Å². The van der Waals surface area contributed by atoms with Crippen LogP contribution in [-0.2, 0) is 4.79 Å². The van der Waals surface area contributed by atoms with Crippen LogP contribution in [0.1, 0.15) is 18.4 Å². The Hall–Kier alpha value is -1.52. The Balaban J connectivity index is 2.91. The zero-order valence-corrected chi connectivity index (χ0v) is 8.62. The third-order valence-electron chi connectivity index (χ3n) is 2.04. The van der Waals surface area contributed by atoms with Gasteiger partial charge in [0.15, 0.2) is 0 Å². The first-order valence-corrected chi connectivity index (χ1v) is 4.73. The first kappa shape index (κ1) is 12.5. The fourth-order valence-electron chi connectivity index (χ4n) is 1.28. The zero-order valence-electron chi connectivity index (χ0n) is 8.62. The van der Waals surface area contributed by atoms with Gasteiger partial charge in [-0.05, 0) is 24.6 Å². The molecule has 0 saturated heterocycles. The molecule has 1 atom stereocenters. The molecule has 0 amide bonds. The molecule has 1 rings (SSSR count).